The number of hydrogen-bond donors (Lipinski definition) is 0. The minimum Gasteiger partial charge on any atom is -0.497 e. The number of methoxy groups -OCH3 is 1. The van der Waals surface area contributed by atoms with E-state index in [0.29, 0.717) is 6.42 Å². The number of fused-ring (bicyclic) bond motifs is 1. The van der Waals surface area contributed by atoms with Gasteiger partial charge in [0.15, 0.2) is 0 Å². The van der Waals surface area contributed by atoms with Gasteiger partial charge in [-0.2, -0.15) is 5.10 Å². The summed E-state index contributed by atoms with van der Waals surface area (Å²) in [6.45, 7) is 5.75. The SMILES string of the molecule is COc1ccc(C2=NN(C(=O)C(C)(C)C)C(c3ccc4nccnc4c3)C2)cc1. The molecule has 0 saturated heterocycles. The molecular formula is C23H24N4O2. The smallest absolute Gasteiger partial charge is 0.248 e. The number of aromatic nitrogens is 2. The summed E-state index contributed by atoms with van der Waals surface area (Å²) in [5.41, 5.74) is 3.98. The standard InChI is InChI=1S/C23H24N4O2/c1-23(2,3)22(28)27-21(16-7-10-18-20(13-16)25-12-11-24-18)14-19(26-27)15-5-8-17(29-4)9-6-15/h5-13,21H,14H2,1-4H3. The van der Waals surface area contributed by atoms with E-state index in [9.17, 15) is 4.79 Å². The van der Waals surface area contributed by atoms with Crippen LogP contribution >= 0.6 is 0 Å². The number of amides is 1. The van der Waals surface area contributed by atoms with Crippen LogP contribution in [-0.2, 0) is 4.79 Å². The summed E-state index contributed by atoms with van der Waals surface area (Å²) in [7, 11) is 1.64. The molecule has 3 aromatic rings. The van der Waals surface area contributed by atoms with Gasteiger partial charge in [0.05, 0.1) is 29.9 Å². The van der Waals surface area contributed by atoms with Gasteiger partial charge in [-0.25, -0.2) is 5.01 Å². The summed E-state index contributed by atoms with van der Waals surface area (Å²) in [6, 6.07) is 13.6. The van der Waals surface area contributed by atoms with Crippen LogP contribution in [0.5, 0.6) is 5.75 Å². The maximum atomic E-state index is 13.2. The van der Waals surface area contributed by atoms with Crippen molar-refractivity contribution in [3.8, 4) is 5.75 Å². The van der Waals surface area contributed by atoms with E-state index in [4.69, 9.17) is 9.84 Å². The molecule has 0 N–H and O–H groups in total. The molecule has 1 aliphatic rings. The molecule has 2 heterocycles. The van der Waals surface area contributed by atoms with Crippen LogP contribution in [0, 0.1) is 5.41 Å². The molecule has 1 aromatic heterocycles. The van der Waals surface area contributed by atoms with Gasteiger partial charge in [0, 0.05) is 24.2 Å². The fourth-order valence-corrected chi connectivity index (χ4v) is 3.45. The Morgan fingerprint density at radius 3 is 2.38 bits per heavy atom. The number of benzene rings is 2. The van der Waals surface area contributed by atoms with Gasteiger partial charge < -0.3 is 4.74 Å². The minimum absolute atomic E-state index is 0.00902. The molecule has 2 aromatic carbocycles. The van der Waals surface area contributed by atoms with Crippen LogP contribution in [0.2, 0.25) is 0 Å². The Balaban J connectivity index is 1.73. The zero-order valence-electron chi connectivity index (χ0n) is 17.1. The molecule has 1 unspecified atom stereocenters. The first-order valence-electron chi connectivity index (χ1n) is 9.63. The molecule has 0 aliphatic carbocycles. The van der Waals surface area contributed by atoms with E-state index in [0.717, 1.165) is 33.6 Å². The van der Waals surface area contributed by atoms with Gasteiger partial charge in [-0.05, 0) is 47.5 Å². The Morgan fingerprint density at radius 1 is 1.03 bits per heavy atom. The van der Waals surface area contributed by atoms with Gasteiger partial charge in [-0.3, -0.25) is 14.8 Å². The topological polar surface area (TPSA) is 67.7 Å². The fourth-order valence-electron chi connectivity index (χ4n) is 3.45. The summed E-state index contributed by atoms with van der Waals surface area (Å²) in [6.07, 6.45) is 4.00. The van der Waals surface area contributed by atoms with Crippen molar-refractivity contribution in [1.29, 1.82) is 0 Å². The van der Waals surface area contributed by atoms with Crippen molar-refractivity contribution < 1.29 is 9.53 Å². The van der Waals surface area contributed by atoms with Crippen LogP contribution < -0.4 is 4.74 Å². The van der Waals surface area contributed by atoms with E-state index < -0.39 is 5.41 Å². The summed E-state index contributed by atoms with van der Waals surface area (Å²) in [5.74, 6) is 0.782. The molecule has 1 atom stereocenters. The van der Waals surface area contributed by atoms with Gasteiger partial charge in [0.2, 0.25) is 5.91 Å². The number of nitrogens with zero attached hydrogens (tertiary/aromatic N) is 4. The third kappa shape index (κ3) is 3.70. The molecule has 4 rings (SSSR count). The van der Waals surface area contributed by atoms with E-state index >= 15 is 0 Å². The fraction of sp³-hybridized carbons (Fsp3) is 0.304. The van der Waals surface area contributed by atoms with Crippen molar-refractivity contribution in [2.24, 2.45) is 10.5 Å². The van der Waals surface area contributed by atoms with E-state index in [1.807, 2.05) is 63.2 Å². The predicted molar refractivity (Wildman–Crippen MR) is 113 cm³/mol. The van der Waals surface area contributed by atoms with Crippen LogP contribution in [0.4, 0.5) is 0 Å². The van der Waals surface area contributed by atoms with Gasteiger partial charge >= 0.3 is 0 Å². The monoisotopic (exact) mass is 388 g/mol. The van der Waals surface area contributed by atoms with Gasteiger partial charge in [-0.15, -0.1) is 0 Å². The third-order valence-electron chi connectivity index (χ3n) is 5.06. The Kier molecular flexibility index (Phi) is 4.78. The first-order chi connectivity index (χ1) is 13.9. The molecule has 0 saturated carbocycles. The molecule has 0 radical (unpaired) electrons. The number of carbonyl (C=O) groups excluding carboxylic acids is 1. The lowest BCUT2D eigenvalue weighted by Crippen LogP contribution is -2.36. The van der Waals surface area contributed by atoms with Crippen LogP contribution in [-0.4, -0.2) is 33.7 Å². The second-order valence-electron chi connectivity index (χ2n) is 8.20. The Morgan fingerprint density at radius 2 is 1.72 bits per heavy atom. The van der Waals surface area contributed by atoms with Crippen LogP contribution in [0.3, 0.4) is 0 Å². The second-order valence-corrected chi connectivity index (χ2v) is 8.20. The lowest BCUT2D eigenvalue weighted by Gasteiger charge is -2.28. The highest BCUT2D eigenvalue weighted by Crippen LogP contribution is 2.36. The van der Waals surface area contributed by atoms with Gasteiger partial charge in [-0.1, -0.05) is 26.8 Å². The molecule has 29 heavy (non-hydrogen) atoms. The highest BCUT2D eigenvalue weighted by molar-refractivity contribution is 6.03. The summed E-state index contributed by atoms with van der Waals surface area (Å²) in [4.78, 5) is 21.9. The minimum atomic E-state index is -0.534. The Hall–Kier alpha value is -3.28. The normalized spacial score (nSPS) is 16.8. The zero-order valence-corrected chi connectivity index (χ0v) is 17.1. The average Bonchev–Trinajstić information content (AvgIpc) is 3.17. The lowest BCUT2D eigenvalue weighted by molar-refractivity contribution is -0.141. The van der Waals surface area contributed by atoms with Crippen molar-refractivity contribution >= 4 is 22.7 Å². The van der Waals surface area contributed by atoms with Crippen molar-refractivity contribution in [2.45, 2.75) is 33.2 Å². The van der Waals surface area contributed by atoms with Gasteiger partial charge in [0.25, 0.3) is 0 Å². The van der Waals surface area contributed by atoms with E-state index in [2.05, 4.69) is 9.97 Å². The molecule has 1 amide bonds. The van der Waals surface area contributed by atoms with Crippen LogP contribution in [0.25, 0.3) is 11.0 Å². The molecule has 1 aliphatic heterocycles. The lowest BCUT2D eigenvalue weighted by atomic mass is 9.93. The highest BCUT2D eigenvalue weighted by Gasteiger charge is 2.38. The van der Waals surface area contributed by atoms with Crippen LogP contribution in [0.1, 0.15) is 44.4 Å². The largest absolute Gasteiger partial charge is 0.497 e. The predicted octanol–water partition coefficient (Wildman–Crippen LogP) is 4.36. The van der Waals surface area contributed by atoms with Crippen molar-refractivity contribution in [3.05, 3.63) is 66.0 Å². The maximum absolute atomic E-state index is 13.2. The molecule has 6 heteroatoms. The second kappa shape index (κ2) is 7.28. The molecule has 6 nitrogen and oxygen atoms in total. The first-order valence-corrected chi connectivity index (χ1v) is 9.63. The summed E-state index contributed by atoms with van der Waals surface area (Å²) in [5, 5.41) is 6.38. The van der Waals surface area contributed by atoms with E-state index in [-0.39, 0.29) is 11.9 Å². The van der Waals surface area contributed by atoms with Crippen molar-refractivity contribution in [2.75, 3.05) is 7.11 Å². The Labute approximate surface area is 170 Å². The third-order valence-corrected chi connectivity index (χ3v) is 5.06. The quantitative estimate of drug-likeness (QED) is 0.668. The summed E-state index contributed by atoms with van der Waals surface area (Å²) < 4.78 is 5.25. The van der Waals surface area contributed by atoms with E-state index in [1.54, 1.807) is 24.5 Å². The molecule has 0 spiro atoms. The number of hydrazone groups is 1. The molecule has 148 valence electrons. The van der Waals surface area contributed by atoms with Gasteiger partial charge in [0.1, 0.15) is 5.75 Å². The zero-order chi connectivity index (χ0) is 20.6. The number of carbonyl (C=O) groups is 1. The van der Waals surface area contributed by atoms with Crippen molar-refractivity contribution in [3.63, 3.8) is 0 Å². The Bertz CT molecular complexity index is 1080. The number of hydrogen-bond acceptors (Lipinski definition) is 5. The van der Waals surface area contributed by atoms with E-state index in [1.165, 1.54) is 0 Å². The van der Waals surface area contributed by atoms with Crippen LogP contribution in [0.15, 0.2) is 60.0 Å². The number of ether oxygens (including phenoxy) is 1. The molecule has 0 bridgehead atoms. The average molecular weight is 388 g/mol. The highest BCUT2D eigenvalue weighted by atomic mass is 16.5. The molecule has 0 fully saturated rings. The molecular weight excluding hydrogens is 364 g/mol. The van der Waals surface area contributed by atoms with Crippen molar-refractivity contribution in [1.82, 2.24) is 15.0 Å². The maximum Gasteiger partial charge on any atom is 0.248 e. The summed E-state index contributed by atoms with van der Waals surface area (Å²) >= 11 is 0. The number of rotatable bonds is 3. The first kappa shape index (κ1) is 19.1.